The van der Waals surface area contributed by atoms with Gasteiger partial charge in [-0.15, -0.1) is 0 Å². The van der Waals surface area contributed by atoms with Crippen LogP contribution < -0.4 is 15.5 Å². The Kier molecular flexibility index (Phi) is 6.02. The molecule has 0 saturated heterocycles. The van der Waals surface area contributed by atoms with Gasteiger partial charge < -0.3 is 15.5 Å². The molecule has 0 atom stereocenters. The van der Waals surface area contributed by atoms with E-state index >= 15 is 0 Å². The molecule has 5 nitrogen and oxygen atoms in total. The fourth-order valence-electron chi connectivity index (χ4n) is 1.63. The summed E-state index contributed by atoms with van der Waals surface area (Å²) in [4.78, 5) is 24.5. The fraction of sp³-hybridized carbons (Fsp3) is 0.429. The van der Waals surface area contributed by atoms with E-state index in [1.54, 1.807) is 6.07 Å². The average molecular weight is 264 g/mol. The van der Waals surface area contributed by atoms with Gasteiger partial charge in [0.05, 0.1) is 20.6 Å². The second kappa shape index (κ2) is 7.53. The molecule has 0 spiro atoms. The summed E-state index contributed by atoms with van der Waals surface area (Å²) in [6.45, 7) is 3.41. The number of amides is 2. The first-order chi connectivity index (χ1) is 8.99. The molecule has 0 saturated carbocycles. The van der Waals surface area contributed by atoms with Crippen molar-refractivity contribution in [1.82, 2.24) is 5.32 Å². The first kappa shape index (κ1) is 15.2. The van der Waals surface area contributed by atoms with Gasteiger partial charge in [0.1, 0.15) is 0 Å². The highest BCUT2D eigenvalue weighted by Gasteiger charge is 2.12. The van der Waals surface area contributed by atoms with Crippen LogP contribution in [0.2, 0.25) is 0 Å². The van der Waals surface area contributed by atoms with E-state index < -0.39 is 11.8 Å². The first-order valence-electron chi connectivity index (χ1n) is 6.44. The third kappa shape index (κ3) is 6.01. The quantitative estimate of drug-likeness (QED) is 0.500. The van der Waals surface area contributed by atoms with Crippen LogP contribution >= 0.6 is 0 Å². The number of anilines is 1. The lowest BCUT2D eigenvalue weighted by atomic mass is 10.2. The Labute approximate surface area is 114 Å². The van der Waals surface area contributed by atoms with Crippen molar-refractivity contribution < 1.29 is 14.5 Å². The molecule has 1 aromatic carbocycles. The van der Waals surface area contributed by atoms with Crippen LogP contribution in [0.5, 0.6) is 0 Å². The number of rotatable bonds is 5. The molecular weight excluding hydrogens is 242 g/mol. The first-order valence-corrected chi connectivity index (χ1v) is 6.44. The van der Waals surface area contributed by atoms with Gasteiger partial charge in [-0.05, 0) is 24.6 Å². The van der Waals surface area contributed by atoms with Crippen LogP contribution in [0.1, 0.15) is 12.0 Å². The van der Waals surface area contributed by atoms with E-state index in [0.29, 0.717) is 12.2 Å². The topological polar surface area (TPSA) is 62.6 Å². The van der Waals surface area contributed by atoms with Crippen LogP contribution in [0.15, 0.2) is 24.3 Å². The monoisotopic (exact) mass is 264 g/mol. The maximum Gasteiger partial charge on any atom is 0.313 e. The molecule has 1 rings (SSSR count). The molecule has 0 unspecified atom stereocenters. The van der Waals surface area contributed by atoms with E-state index in [2.05, 4.69) is 10.6 Å². The third-order valence-corrected chi connectivity index (χ3v) is 2.62. The summed E-state index contributed by atoms with van der Waals surface area (Å²) >= 11 is 0. The van der Waals surface area contributed by atoms with Crippen LogP contribution in [-0.4, -0.2) is 39.0 Å². The number of carbonyl (C=O) groups excluding carboxylic acids is 2. The SMILES string of the molecule is Cc1cccc(NC(=O)C(=O)NCCC[NH+](C)C)c1. The van der Waals surface area contributed by atoms with Crippen molar-refractivity contribution in [2.75, 3.05) is 32.5 Å². The molecule has 1 aromatic rings. The Hall–Kier alpha value is -1.88. The van der Waals surface area contributed by atoms with Gasteiger partial charge in [-0.1, -0.05) is 12.1 Å². The number of nitrogens with one attached hydrogen (secondary N) is 3. The molecule has 0 bridgehead atoms. The van der Waals surface area contributed by atoms with E-state index in [0.717, 1.165) is 18.5 Å². The van der Waals surface area contributed by atoms with Gasteiger partial charge >= 0.3 is 11.8 Å². The van der Waals surface area contributed by atoms with Gasteiger partial charge in [-0.2, -0.15) is 0 Å². The molecule has 0 fully saturated rings. The van der Waals surface area contributed by atoms with Crippen LogP contribution in [0.4, 0.5) is 5.69 Å². The molecule has 0 radical (unpaired) electrons. The Morgan fingerprint density at radius 3 is 2.58 bits per heavy atom. The molecule has 2 amide bonds. The number of hydrogen-bond acceptors (Lipinski definition) is 2. The van der Waals surface area contributed by atoms with Crippen molar-refractivity contribution in [2.45, 2.75) is 13.3 Å². The minimum atomic E-state index is -0.622. The van der Waals surface area contributed by atoms with Crippen molar-refractivity contribution in [3.8, 4) is 0 Å². The maximum atomic E-state index is 11.6. The average Bonchev–Trinajstić information content (AvgIpc) is 2.34. The van der Waals surface area contributed by atoms with Crippen molar-refractivity contribution in [3.05, 3.63) is 29.8 Å². The molecule has 3 N–H and O–H groups in total. The number of aryl methyl sites for hydroxylation is 1. The lowest BCUT2D eigenvalue weighted by molar-refractivity contribution is -0.858. The molecule has 0 aliphatic carbocycles. The number of quaternary nitrogens is 1. The summed E-state index contributed by atoms with van der Waals surface area (Å²) in [7, 11) is 4.10. The molecule has 19 heavy (non-hydrogen) atoms. The van der Waals surface area contributed by atoms with Gasteiger partial charge in [0.25, 0.3) is 0 Å². The predicted molar refractivity (Wildman–Crippen MR) is 75.1 cm³/mol. The minimum Gasteiger partial charge on any atom is -0.348 e. The molecule has 0 aliphatic heterocycles. The Morgan fingerprint density at radius 2 is 1.95 bits per heavy atom. The van der Waals surface area contributed by atoms with Gasteiger partial charge in [-0.25, -0.2) is 0 Å². The highest BCUT2D eigenvalue weighted by atomic mass is 16.2. The molecule has 104 valence electrons. The molecule has 0 aliphatic rings. The fourth-order valence-corrected chi connectivity index (χ4v) is 1.63. The van der Waals surface area contributed by atoms with E-state index in [1.807, 2.05) is 39.2 Å². The van der Waals surface area contributed by atoms with Crippen LogP contribution in [-0.2, 0) is 9.59 Å². The van der Waals surface area contributed by atoms with Gasteiger partial charge in [0.2, 0.25) is 0 Å². The molecule has 0 aromatic heterocycles. The number of benzene rings is 1. The largest absolute Gasteiger partial charge is 0.348 e. The second-order valence-corrected chi connectivity index (χ2v) is 4.89. The van der Waals surface area contributed by atoms with Crippen LogP contribution in [0, 0.1) is 6.92 Å². The van der Waals surface area contributed by atoms with E-state index in [-0.39, 0.29) is 0 Å². The minimum absolute atomic E-state index is 0.519. The third-order valence-electron chi connectivity index (χ3n) is 2.62. The van der Waals surface area contributed by atoms with Crippen LogP contribution in [0.3, 0.4) is 0 Å². The van der Waals surface area contributed by atoms with Gasteiger partial charge in [-0.3, -0.25) is 9.59 Å². The molecule has 5 heteroatoms. The number of carbonyl (C=O) groups is 2. The van der Waals surface area contributed by atoms with Crippen LogP contribution in [0.25, 0.3) is 0 Å². The maximum absolute atomic E-state index is 11.6. The smallest absolute Gasteiger partial charge is 0.313 e. The Balaban J connectivity index is 2.35. The van der Waals surface area contributed by atoms with Gasteiger partial charge in [0, 0.05) is 18.7 Å². The van der Waals surface area contributed by atoms with Crippen molar-refractivity contribution in [1.29, 1.82) is 0 Å². The molecule has 0 heterocycles. The Morgan fingerprint density at radius 1 is 1.21 bits per heavy atom. The highest BCUT2D eigenvalue weighted by Crippen LogP contribution is 2.08. The summed E-state index contributed by atoms with van der Waals surface area (Å²) in [6, 6.07) is 7.34. The number of hydrogen-bond donors (Lipinski definition) is 3. The summed E-state index contributed by atoms with van der Waals surface area (Å²) in [5, 5.41) is 5.18. The van der Waals surface area contributed by atoms with Crippen molar-refractivity contribution in [3.63, 3.8) is 0 Å². The summed E-state index contributed by atoms with van der Waals surface area (Å²) < 4.78 is 0. The summed E-state index contributed by atoms with van der Waals surface area (Å²) in [6.07, 6.45) is 0.853. The lowest BCUT2D eigenvalue weighted by Crippen LogP contribution is -3.05. The zero-order valence-corrected chi connectivity index (χ0v) is 11.7. The van der Waals surface area contributed by atoms with E-state index in [9.17, 15) is 9.59 Å². The predicted octanol–water partition coefficient (Wildman–Crippen LogP) is -0.416. The van der Waals surface area contributed by atoms with Gasteiger partial charge in [0.15, 0.2) is 0 Å². The standard InChI is InChI=1S/C14H21N3O2/c1-11-6-4-7-12(10-11)16-14(19)13(18)15-8-5-9-17(2)3/h4,6-7,10H,5,8-9H2,1-3H3,(H,15,18)(H,16,19)/p+1. The highest BCUT2D eigenvalue weighted by molar-refractivity contribution is 6.39. The Bertz CT molecular complexity index is 444. The summed E-state index contributed by atoms with van der Waals surface area (Å²) in [5.41, 5.74) is 1.67. The zero-order valence-electron chi connectivity index (χ0n) is 11.7. The zero-order chi connectivity index (χ0) is 14.3. The van der Waals surface area contributed by atoms with Crippen molar-refractivity contribution >= 4 is 17.5 Å². The van der Waals surface area contributed by atoms with Crippen molar-refractivity contribution in [2.24, 2.45) is 0 Å². The van der Waals surface area contributed by atoms with E-state index in [1.165, 1.54) is 4.90 Å². The lowest BCUT2D eigenvalue weighted by Gasteiger charge is -2.08. The van der Waals surface area contributed by atoms with E-state index in [4.69, 9.17) is 0 Å². The normalized spacial score (nSPS) is 10.3. The molecular formula is C14H22N3O2+. The summed E-state index contributed by atoms with van der Waals surface area (Å²) in [5.74, 6) is -1.21. The second-order valence-electron chi connectivity index (χ2n) is 4.89.